The van der Waals surface area contributed by atoms with E-state index in [1.165, 1.54) is 12.1 Å². The van der Waals surface area contributed by atoms with Gasteiger partial charge in [0.15, 0.2) is 12.6 Å². The normalized spacial score (nSPS) is 19.2. The summed E-state index contributed by atoms with van der Waals surface area (Å²) in [4.78, 5) is 12.6. The highest BCUT2D eigenvalue weighted by Crippen LogP contribution is 2.31. The van der Waals surface area contributed by atoms with Gasteiger partial charge >= 0.3 is 0 Å². The molecule has 2 N–H and O–H groups in total. The van der Waals surface area contributed by atoms with Crippen LogP contribution in [0.15, 0.2) is 53.1 Å². The maximum absolute atomic E-state index is 13.8. The molecule has 0 radical (unpaired) electrons. The van der Waals surface area contributed by atoms with Crippen molar-refractivity contribution in [3.63, 3.8) is 0 Å². The van der Waals surface area contributed by atoms with Crippen LogP contribution in [0.1, 0.15) is 36.4 Å². The fourth-order valence-electron chi connectivity index (χ4n) is 4.05. The number of hydrogen-bond acceptors (Lipinski definition) is 7. The number of rotatable bonds is 9. The number of aromatic hydroxyl groups is 1. The van der Waals surface area contributed by atoms with E-state index in [2.05, 4.69) is 10.5 Å². The number of halogens is 1. The number of amides is 1. The molecule has 1 amide bonds. The van der Waals surface area contributed by atoms with E-state index in [4.69, 9.17) is 18.7 Å². The molecule has 0 bridgehead atoms. The second kappa shape index (κ2) is 10.2. The maximum atomic E-state index is 13.8. The lowest BCUT2D eigenvalue weighted by Crippen LogP contribution is -2.46. The topological polar surface area (TPSA) is 103 Å². The smallest absolute Gasteiger partial charge is 0.290 e. The standard InChI is InChI=1S/C25H27FN2O6/c1-14(25-32-15(2)33-25)10-19(27-24(30)22-13-23(29)28-34-22)11-16-4-6-17(7-5-16)20-12-18(26)8-9-21(20)31-3/h4-9,12-15,19,25H,10-11H2,1-3H3,(H,27,30)(H,28,29)/t14-,15?,19+,25?/m1/s1. The monoisotopic (exact) mass is 470 g/mol. The number of benzene rings is 2. The Morgan fingerprint density at radius 3 is 2.56 bits per heavy atom. The molecule has 0 saturated carbocycles. The first kappa shape index (κ1) is 23.7. The summed E-state index contributed by atoms with van der Waals surface area (Å²) in [6, 6.07) is 12.9. The molecular formula is C25H27FN2O6. The van der Waals surface area contributed by atoms with Gasteiger partial charge in [0.1, 0.15) is 11.6 Å². The molecule has 0 aliphatic carbocycles. The van der Waals surface area contributed by atoms with Crippen molar-refractivity contribution in [1.82, 2.24) is 10.5 Å². The van der Waals surface area contributed by atoms with Crippen molar-refractivity contribution in [2.75, 3.05) is 7.11 Å². The third-order valence-electron chi connectivity index (χ3n) is 5.74. The molecule has 34 heavy (non-hydrogen) atoms. The third-order valence-corrected chi connectivity index (χ3v) is 5.74. The van der Waals surface area contributed by atoms with Crippen molar-refractivity contribution in [3.8, 4) is 22.8 Å². The maximum Gasteiger partial charge on any atom is 0.290 e. The number of carbonyl (C=O) groups is 1. The Morgan fingerprint density at radius 2 is 1.94 bits per heavy atom. The summed E-state index contributed by atoms with van der Waals surface area (Å²) in [5, 5.41) is 15.7. The second-order valence-corrected chi connectivity index (χ2v) is 8.39. The summed E-state index contributed by atoms with van der Waals surface area (Å²) in [5.41, 5.74) is 2.45. The van der Waals surface area contributed by atoms with Crippen molar-refractivity contribution >= 4 is 5.91 Å². The Hall–Kier alpha value is -3.43. The van der Waals surface area contributed by atoms with Gasteiger partial charge < -0.3 is 29.2 Å². The lowest BCUT2D eigenvalue weighted by molar-refractivity contribution is -0.391. The van der Waals surface area contributed by atoms with Gasteiger partial charge in [0, 0.05) is 17.5 Å². The van der Waals surface area contributed by atoms with E-state index in [0.29, 0.717) is 24.2 Å². The van der Waals surface area contributed by atoms with Gasteiger partial charge in [0.25, 0.3) is 11.8 Å². The van der Waals surface area contributed by atoms with E-state index >= 15 is 0 Å². The van der Waals surface area contributed by atoms with Gasteiger partial charge in [0.2, 0.25) is 5.76 Å². The van der Waals surface area contributed by atoms with Gasteiger partial charge in [-0.15, -0.1) is 0 Å². The van der Waals surface area contributed by atoms with Crippen molar-refractivity contribution in [1.29, 1.82) is 0 Å². The summed E-state index contributed by atoms with van der Waals surface area (Å²) in [7, 11) is 1.55. The highest BCUT2D eigenvalue weighted by Gasteiger charge is 2.33. The molecule has 9 heteroatoms. The average molecular weight is 470 g/mol. The minimum Gasteiger partial charge on any atom is -0.496 e. The number of carbonyl (C=O) groups excluding carboxylic acids is 1. The van der Waals surface area contributed by atoms with E-state index in [0.717, 1.165) is 17.2 Å². The Balaban J connectivity index is 1.49. The zero-order valence-electron chi connectivity index (χ0n) is 19.2. The quantitative estimate of drug-likeness (QED) is 0.481. The number of aromatic nitrogens is 1. The number of hydrogen-bond donors (Lipinski definition) is 2. The van der Waals surface area contributed by atoms with Crippen molar-refractivity contribution < 1.29 is 33.0 Å². The van der Waals surface area contributed by atoms with Crippen molar-refractivity contribution in [2.45, 2.75) is 45.3 Å². The van der Waals surface area contributed by atoms with Crippen LogP contribution in [0, 0.1) is 11.7 Å². The van der Waals surface area contributed by atoms with Crippen LogP contribution in [0.2, 0.25) is 0 Å². The van der Waals surface area contributed by atoms with Crippen LogP contribution in [0.5, 0.6) is 11.6 Å². The van der Waals surface area contributed by atoms with Crippen LogP contribution < -0.4 is 10.1 Å². The lowest BCUT2D eigenvalue weighted by Gasteiger charge is -2.38. The lowest BCUT2D eigenvalue weighted by atomic mass is 9.94. The van der Waals surface area contributed by atoms with Gasteiger partial charge in [-0.05, 0) is 54.2 Å². The zero-order chi connectivity index (χ0) is 24.2. The first-order valence-electron chi connectivity index (χ1n) is 11.0. The van der Waals surface area contributed by atoms with E-state index in [-0.39, 0.29) is 42.0 Å². The number of nitrogens with zero attached hydrogens (tertiary/aromatic N) is 1. The average Bonchev–Trinajstić information content (AvgIpc) is 3.24. The minimum absolute atomic E-state index is 0.0282. The Morgan fingerprint density at radius 1 is 1.21 bits per heavy atom. The molecule has 1 aliphatic rings. The molecule has 1 aliphatic heterocycles. The summed E-state index contributed by atoms with van der Waals surface area (Å²) in [6.45, 7) is 3.82. The fourth-order valence-corrected chi connectivity index (χ4v) is 4.05. The summed E-state index contributed by atoms with van der Waals surface area (Å²) < 4.78 is 35.2. The molecular weight excluding hydrogens is 443 g/mol. The molecule has 4 rings (SSSR count). The van der Waals surface area contributed by atoms with E-state index in [9.17, 15) is 14.3 Å². The number of methoxy groups -OCH3 is 1. The molecule has 1 fully saturated rings. The van der Waals surface area contributed by atoms with Crippen LogP contribution in [-0.4, -0.2) is 41.9 Å². The van der Waals surface area contributed by atoms with Gasteiger partial charge in [-0.2, -0.15) is 0 Å². The number of ether oxygens (including phenoxy) is 3. The Kier molecular flexibility index (Phi) is 7.14. The van der Waals surface area contributed by atoms with Crippen LogP contribution in [0.3, 0.4) is 0 Å². The SMILES string of the molecule is COc1ccc(F)cc1-c1ccc(C[C@H](C[C@@H](C)C2OC(C)O2)NC(=O)c2cc(O)no2)cc1. The molecule has 3 aromatic rings. The van der Waals surface area contributed by atoms with Crippen LogP contribution in [-0.2, 0) is 15.9 Å². The Bertz CT molecular complexity index is 1130. The summed E-state index contributed by atoms with van der Waals surface area (Å²) >= 11 is 0. The van der Waals surface area contributed by atoms with Crippen LogP contribution in [0.25, 0.3) is 11.1 Å². The number of nitrogens with one attached hydrogen (secondary N) is 1. The molecule has 2 heterocycles. The van der Waals surface area contributed by atoms with Crippen molar-refractivity contribution in [2.24, 2.45) is 5.92 Å². The highest BCUT2D eigenvalue weighted by atomic mass is 19.1. The van der Waals surface area contributed by atoms with Crippen molar-refractivity contribution in [3.05, 3.63) is 65.7 Å². The minimum atomic E-state index is -0.477. The van der Waals surface area contributed by atoms with Gasteiger partial charge in [-0.3, -0.25) is 4.79 Å². The summed E-state index contributed by atoms with van der Waals surface area (Å²) in [6.07, 6.45) is 0.554. The third kappa shape index (κ3) is 5.55. The zero-order valence-corrected chi connectivity index (χ0v) is 19.2. The molecule has 0 spiro atoms. The molecule has 180 valence electrons. The van der Waals surface area contributed by atoms with E-state index < -0.39 is 5.91 Å². The van der Waals surface area contributed by atoms with Crippen LogP contribution >= 0.6 is 0 Å². The second-order valence-electron chi connectivity index (χ2n) is 8.39. The predicted octanol–water partition coefficient (Wildman–Crippen LogP) is 4.28. The Labute approximate surface area is 196 Å². The highest BCUT2D eigenvalue weighted by molar-refractivity contribution is 5.91. The van der Waals surface area contributed by atoms with Crippen LogP contribution in [0.4, 0.5) is 4.39 Å². The largest absolute Gasteiger partial charge is 0.496 e. The first-order chi connectivity index (χ1) is 16.3. The van der Waals surface area contributed by atoms with E-state index in [1.54, 1.807) is 13.2 Å². The molecule has 8 nitrogen and oxygen atoms in total. The van der Waals surface area contributed by atoms with Gasteiger partial charge in [-0.1, -0.05) is 31.2 Å². The molecule has 1 saturated heterocycles. The first-order valence-corrected chi connectivity index (χ1v) is 11.0. The molecule has 2 atom stereocenters. The summed E-state index contributed by atoms with van der Waals surface area (Å²) in [5.74, 6) is -0.643. The predicted molar refractivity (Wildman–Crippen MR) is 121 cm³/mol. The molecule has 0 unspecified atom stereocenters. The fraction of sp³-hybridized carbons (Fsp3) is 0.360. The van der Waals surface area contributed by atoms with E-state index in [1.807, 2.05) is 38.1 Å². The molecule has 2 aromatic carbocycles. The van der Waals surface area contributed by atoms with Gasteiger partial charge in [0.05, 0.1) is 13.2 Å². The van der Waals surface area contributed by atoms with Gasteiger partial charge in [-0.25, -0.2) is 4.39 Å². The molecule has 1 aromatic heterocycles.